The Morgan fingerprint density at radius 2 is 1.50 bits per heavy atom. The average molecular weight is 487 g/mol. The second-order valence-electron chi connectivity index (χ2n) is 9.23. The lowest BCUT2D eigenvalue weighted by Crippen LogP contribution is -2.46. The molecule has 4 nitrogen and oxygen atoms in total. The first kappa shape index (κ1) is 22.6. The van der Waals surface area contributed by atoms with E-state index in [-0.39, 0.29) is 0 Å². The number of alkyl halides is 3. The highest BCUT2D eigenvalue weighted by Gasteiger charge is 2.31. The molecule has 0 saturated carbocycles. The topological polar surface area (TPSA) is 23.8 Å². The first-order valence-corrected chi connectivity index (χ1v) is 12.1. The molecule has 6 rings (SSSR count). The van der Waals surface area contributed by atoms with Crippen molar-refractivity contribution in [3.63, 3.8) is 0 Å². The van der Waals surface area contributed by atoms with Crippen molar-refractivity contribution < 1.29 is 13.2 Å². The van der Waals surface area contributed by atoms with Crippen LogP contribution >= 0.6 is 0 Å². The number of benzene rings is 3. The van der Waals surface area contributed by atoms with Crippen LogP contribution in [-0.4, -0.2) is 40.5 Å². The summed E-state index contributed by atoms with van der Waals surface area (Å²) >= 11 is 0. The predicted molar refractivity (Wildman–Crippen MR) is 137 cm³/mol. The van der Waals surface area contributed by atoms with Gasteiger partial charge in [-0.25, -0.2) is 4.98 Å². The first-order valence-electron chi connectivity index (χ1n) is 12.1. The van der Waals surface area contributed by atoms with E-state index < -0.39 is 11.7 Å². The Hall–Kier alpha value is -3.84. The van der Waals surface area contributed by atoms with Gasteiger partial charge < -0.3 is 9.30 Å². The SMILES string of the molecule is FC(F)(F)c1cccc(N2CCN(Cc3cc4c(-c5ccccc5)nc5ccccc5n4c3)CC2)c1. The van der Waals surface area contributed by atoms with E-state index >= 15 is 0 Å². The lowest BCUT2D eigenvalue weighted by molar-refractivity contribution is -0.137. The molecular formula is C29H25F3N4. The molecule has 0 amide bonds. The smallest absolute Gasteiger partial charge is 0.369 e. The molecule has 1 aliphatic heterocycles. The predicted octanol–water partition coefficient (Wildman–Crippen LogP) is 6.50. The number of hydrogen-bond acceptors (Lipinski definition) is 3. The number of hydrogen-bond donors (Lipinski definition) is 0. The molecule has 5 aromatic rings. The van der Waals surface area contributed by atoms with Gasteiger partial charge in [0.05, 0.1) is 27.8 Å². The quantitative estimate of drug-likeness (QED) is 0.290. The van der Waals surface area contributed by atoms with Gasteiger partial charge in [0.2, 0.25) is 0 Å². The Morgan fingerprint density at radius 3 is 2.28 bits per heavy atom. The van der Waals surface area contributed by atoms with Crippen LogP contribution in [0.2, 0.25) is 0 Å². The fraction of sp³-hybridized carbons (Fsp3) is 0.207. The summed E-state index contributed by atoms with van der Waals surface area (Å²) in [4.78, 5) is 9.37. The lowest BCUT2D eigenvalue weighted by atomic mass is 10.1. The Balaban J connectivity index is 1.24. The van der Waals surface area contributed by atoms with Crippen molar-refractivity contribution >= 4 is 22.2 Å². The molecule has 36 heavy (non-hydrogen) atoms. The van der Waals surface area contributed by atoms with Crippen molar-refractivity contribution in [1.82, 2.24) is 14.3 Å². The zero-order valence-electron chi connectivity index (χ0n) is 19.6. The van der Waals surface area contributed by atoms with Gasteiger partial charge in [-0.2, -0.15) is 13.2 Å². The number of fused-ring (bicyclic) bond motifs is 3. The summed E-state index contributed by atoms with van der Waals surface area (Å²) in [5.41, 5.74) is 6.33. The number of halogens is 3. The summed E-state index contributed by atoms with van der Waals surface area (Å²) in [5.74, 6) is 0. The number of nitrogens with zero attached hydrogens (tertiary/aromatic N) is 4. The highest BCUT2D eigenvalue weighted by atomic mass is 19.4. The zero-order chi connectivity index (χ0) is 24.7. The molecule has 0 N–H and O–H groups in total. The summed E-state index contributed by atoms with van der Waals surface area (Å²) in [6.45, 7) is 3.73. The number of anilines is 1. The maximum Gasteiger partial charge on any atom is 0.416 e. The molecular weight excluding hydrogens is 461 g/mol. The van der Waals surface area contributed by atoms with E-state index in [4.69, 9.17) is 4.98 Å². The molecule has 182 valence electrons. The highest BCUT2D eigenvalue weighted by molar-refractivity contribution is 5.88. The second-order valence-corrected chi connectivity index (χ2v) is 9.23. The normalized spacial score (nSPS) is 15.1. The fourth-order valence-corrected chi connectivity index (χ4v) is 5.04. The maximum absolute atomic E-state index is 13.1. The standard InChI is InChI=1S/C29H25F3N4/c30-29(31,32)23-9-6-10-24(18-23)35-15-13-34(14-16-35)19-21-17-27-28(22-7-2-1-3-8-22)33-25-11-4-5-12-26(25)36(27)20-21/h1-12,17-18,20H,13-16,19H2. The first-order chi connectivity index (χ1) is 17.5. The Labute approximate surface area is 207 Å². The monoisotopic (exact) mass is 486 g/mol. The van der Waals surface area contributed by atoms with Gasteiger partial charge in [0, 0.05) is 50.2 Å². The van der Waals surface area contributed by atoms with Gasteiger partial charge in [-0.3, -0.25) is 4.90 Å². The van der Waals surface area contributed by atoms with Crippen LogP contribution in [0, 0.1) is 0 Å². The Bertz CT molecular complexity index is 1520. The van der Waals surface area contributed by atoms with Crippen LogP contribution in [0.15, 0.2) is 91.1 Å². The van der Waals surface area contributed by atoms with Crippen LogP contribution in [0.4, 0.5) is 18.9 Å². The van der Waals surface area contributed by atoms with Crippen molar-refractivity contribution in [2.24, 2.45) is 0 Å². The molecule has 3 heterocycles. The molecule has 0 radical (unpaired) electrons. The molecule has 1 fully saturated rings. The highest BCUT2D eigenvalue weighted by Crippen LogP contribution is 2.32. The third-order valence-corrected chi connectivity index (χ3v) is 6.86. The van der Waals surface area contributed by atoms with Crippen LogP contribution in [0.5, 0.6) is 0 Å². The number of piperazine rings is 1. The minimum atomic E-state index is -4.33. The van der Waals surface area contributed by atoms with Crippen LogP contribution < -0.4 is 4.90 Å². The molecule has 1 aliphatic rings. The molecule has 7 heteroatoms. The second kappa shape index (κ2) is 8.99. The van der Waals surface area contributed by atoms with E-state index in [9.17, 15) is 13.2 Å². The summed E-state index contributed by atoms with van der Waals surface area (Å²) in [7, 11) is 0. The minimum Gasteiger partial charge on any atom is -0.369 e. The lowest BCUT2D eigenvalue weighted by Gasteiger charge is -2.36. The van der Waals surface area contributed by atoms with E-state index in [1.165, 1.54) is 17.7 Å². The maximum atomic E-state index is 13.1. The van der Waals surface area contributed by atoms with Crippen LogP contribution in [0.25, 0.3) is 27.8 Å². The number of rotatable bonds is 4. The van der Waals surface area contributed by atoms with Gasteiger partial charge in [0.1, 0.15) is 0 Å². The molecule has 3 aromatic carbocycles. The third kappa shape index (κ3) is 4.31. The van der Waals surface area contributed by atoms with Crippen molar-refractivity contribution in [3.8, 4) is 11.3 Å². The van der Waals surface area contributed by atoms with Gasteiger partial charge in [0.25, 0.3) is 0 Å². The average Bonchev–Trinajstić information content (AvgIpc) is 3.32. The van der Waals surface area contributed by atoms with E-state index in [1.807, 2.05) is 41.3 Å². The van der Waals surface area contributed by atoms with E-state index in [2.05, 4.69) is 39.8 Å². The summed E-state index contributed by atoms with van der Waals surface area (Å²) in [6.07, 6.45) is -2.14. The van der Waals surface area contributed by atoms with Crippen molar-refractivity contribution in [2.75, 3.05) is 31.1 Å². The van der Waals surface area contributed by atoms with Crippen LogP contribution in [0.1, 0.15) is 11.1 Å². The molecule has 0 aliphatic carbocycles. The van der Waals surface area contributed by atoms with Crippen molar-refractivity contribution in [3.05, 3.63) is 102 Å². The molecule has 0 unspecified atom stereocenters. The Morgan fingerprint density at radius 1 is 0.750 bits per heavy atom. The summed E-state index contributed by atoms with van der Waals surface area (Å²) < 4.78 is 41.6. The van der Waals surface area contributed by atoms with Gasteiger partial charge in [0.15, 0.2) is 0 Å². The van der Waals surface area contributed by atoms with Gasteiger partial charge in [-0.1, -0.05) is 48.5 Å². The van der Waals surface area contributed by atoms with Crippen LogP contribution in [0.3, 0.4) is 0 Å². The molecule has 2 aromatic heterocycles. The number of para-hydroxylation sites is 2. The third-order valence-electron chi connectivity index (χ3n) is 6.86. The summed E-state index contributed by atoms with van der Waals surface area (Å²) in [5, 5.41) is 0. The minimum absolute atomic E-state index is 0.599. The van der Waals surface area contributed by atoms with E-state index in [0.717, 1.165) is 53.5 Å². The zero-order valence-corrected chi connectivity index (χ0v) is 19.6. The molecule has 0 bridgehead atoms. The van der Waals surface area contributed by atoms with E-state index in [1.54, 1.807) is 6.07 Å². The fourth-order valence-electron chi connectivity index (χ4n) is 5.04. The van der Waals surface area contributed by atoms with Crippen molar-refractivity contribution in [1.29, 1.82) is 0 Å². The summed E-state index contributed by atoms with van der Waals surface area (Å²) in [6, 6.07) is 26.2. The molecule has 1 saturated heterocycles. The van der Waals surface area contributed by atoms with Gasteiger partial charge in [-0.15, -0.1) is 0 Å². The molecule has 0 spiro atoms. The van der Waals surface area contributed by atoms with E-state index in [0.29, 0.717) is 18.8 Å². The van der Waals surface area contributed by atoms with Gasteiger partial charge >= 0.3 is 6.18 Å². The number of aromatic nitrogens is 2. The van der Waals surface area contributed by atoms with Gasteiger partial charge in [-0.05, 0) is 42.0 Å². The van der Waals surface area contributed by atoms with Crippen LogP contribution in [-0.2, 0) is 12.7 Å². The largest absolute Gasteiger partial charge is 0.416 e. The van der Waals surface area contributed by atoms with Crippen molar-refractivity contribution in [2.45, 2.75) is 12.7 Å². The Kier molecular flexibility index (Phi) is 5.64. The molecule has 0 atom stereocenters.